The predicted octanol–water partition coefficient (Wildman–Crippen LogP) is 5.31. The number of nitriles is 1. The largest absolute Gasteiger partial charge is 0.465 e. The van der Waals surface area contributed by atoms with Crippen LogP contribution < -0.4 is 0 Å². The number of allylic oxidation sites excluding steroid dienone is 1. The molecular weight excluding hydrogens is 368 g/mol. The van der Waals surface area contributed by atoms with E-state index in [4.69, 9.17) is 11.6 Å². The summed E-state index contributed by atoms with van der Waals surface area (Å²) in [6.45, 7) is 0. The van der Waals surface area contributed by atoms with Crippen molar-refractivity contribution >= 4 is 40.6 Å². The summed E-state index contributed by atoms with van der Waals surface area (Å²) in [7, 11) is 1.34. The third-order valence-corrected chi connectivity index (χ3v) is 4.77. The fourth-order valence-corrected chi connectivity index (χ4v) is 3.21. The molecule has 26 heavy (non-hydrogen) atoms. The van der Waals surface area contributed by atoms with E-state index in [9.17, 15) is 10.1 Å². The first-order valence-electron chi connectivity index (χ1n) is 7.62. The van der Waals surface area contributed by atoms with Gasteiger partial charge in [0.25, 0.3) is 0 Å². The molecular formula is C20H13ClN2O2S. The highest BCUT2D eigenvalue weighted by molar-refractivity contribution is 7.11. The van der Waals surface area contributed by atoms with E-state index in [-0.39, 0.29) is 0 Å². The Bertz CT molecular complexity index is 1000. The molecule has 0 spiro atoms. The van der Waals surface area contributed by atoms with Gasteiger partial charge in [0.1, 0.15) is 11.1 Å². The number of aromatic nitrogens is 1. The molecule has 128 valence electrons. The second-order valence-corrected chi connectivity index (χ2v) is 6.62. The molecule has 0 radical (unpaired) electrons. The Kier molecular flexibility index (Phi) is 5.47. The molecule has 1 heterocycles. The quantitative estimate of drug-likeness (QED) is 0.454. The first-order chi connectivity index (χ1) is 12.6. The number of thiazole rings is 1. The van der Waals surface area contributed by atoms with Crippen LogP contribution in [0.25, 0.3) is 22.9 Å². The Labute approximate surface area is 160 Å². The fraction of sp³-hybridized carbons (Fsp3) is 0.0500. The van der Waals surface area contributed by atoms with Crippen LogP contribution in [0.3, 0.4) is 0 Å². The van der Waals surface area contributed by atoms with Gasteiger partial charge in [-0.25, -0.2) is 9.78 Å². The molecule has 0 N–H and O–H groups in total. The maximum absolute atomic E-state index is 11.5. The van der Waals surface area contributed by atoms with Gasteiger partial charge >= 0.3 is 5.97 Å². The third kappa shape index (κ3) is 3.99. The van der Waals surface area contributed by atoms with Gasteiger partial charge in [0.15, 0.2) is 0 Å². The van der Waals surface area contributed by atoms with E-state index in [1.807, 2.05) is 17.5 Å². The lowest BCUT2D eigenvalue weighted by atomic mass is 10.1. The summed E-state index contributed by atoms with van der Waals surface area (Å²) in [5, 5.41) is 12.7. The normalized spacial score (nSPS) is 11.0. The number of benzene rings is 2. The summed E-state index contributed by atoms with van der Waals surface area (Å²) in [6, 6.07) is 16.4. The van der Waals surface area contributed by atoms with Gasteiger partial charge in [-0.2, -0.15) is 5.26 Å². The number of rotatable bonds is 4. The summed E-state index contributed by atoms with van der Waals surface area (Å²) in [5.74, 6) is -0.395. The highest BCUT2D eigenvalue weighted by Gasteiger charge is 2.10. The van der Waals surface area contributed by atoms with E-state index in [1.165, 1.54) is 18.4 Å². The summed E-state index contributed by atoms with van der Waals surface area (Å²) in [5.41, 5.74) is 3.46. The number of carbonyl (C=O) groups is 1. The molecule has 0 aliphatic heterocycles. The Morgan fingerprint density at radius 1 is 1.19 bits per heavy atom. The van der Waals surface area contributed by atoms with Crippen LogP contribution in [-0.4, -0.2) is 18.1 Å². The molecule has 4 nitrogen and oxygen atoms in total. The topological polar surface area (TPSA) is 63.0 Å². The van der Waals surface area contributed by atoms with Crippen molar-refractivity contribution in [1.82, 2.24) is 4.98 Å². The Balaban J connectivity index is 1.87. The van der Waals surface area contributed by atoms with Crippen molar-refractivity contribution in [3.8, 4) is 17.3 Å². The van der Waals surface area contributed by atoms with Gasteiger partial charge in [0.05, 0.1) is 23.9 Å². The first kappa shape index (κ1) is 17.9. The molecule has 0 atom stereocenters. The van der Waals surface area contributed by atoms with Crippen LogP contribution >= 0.6 is 22.9 Å². The number of hydrogen-bond donors (Lipinski definition) is 0. The van der Waals surface area contributed by atoms with Gasteiger partial charge in [0, 0.05) is 16.0 Å². The minimum Gasteiger partial charge on any atom is -0.465 e. The van der Waals surface area contributed by atoms with Gasteiger partial charge < -0.3 is 4.74 Å². The Morgan fingerprint density at radius 2 is 1.88 bits per heavy atom. The third-order valence-electron chi connectivity index (χ3n) is 3.64. The van der Waals surface area contributed by atoms with Crippen LogP contribution in [0.5, 0.6) is 0 Å². The van der Waals surface area contributed by atoms with Crippen LogP contribution in [-0.2, 0) is 4.74 Å². The van der Waals surface area contributed by atoms with E-state index in [0.717, 1.165) is 16.8 Å². The van der Waals surface area contributed by atoms with Crippen molar-refractivity contribution in [3.63, 3.8) is 0 Å². The van der Waals surface area contributed by atoms with Crippen molar-refractivity contribution < 1.29 is 9.53 Å². The lowest BCUT2D eigenvalue weighted by molar-refractivity contribution is 0.0600. The molecule has 3 rings (SSSR count). The van der Waals surface area contributed by atoms with Crippen molar-refractivity contribution in [2.45, 2.75) is 0 Å². The number of esters is 1. The van der Waals surface area contributed by atoms with Crippen LogP contribution in [0.1, 0.15) is 20.9 Å². The molecule has 0 saturated carbocycles. The zero-order chi connectivity index (χ0) is 18.5. The Hall–Kier alpha value is -2.94. The van der Waals surface area contributed by atoms with E-state index in [2.05, 4.69) is 15.8 Å². The molecule has 2 aromatic carbocycles. The van der Waals surface area contributed by atoms with Crippen LogP contribution in [0.4, 0.5) is 0 Å². The average Bonchev–Trinajstić information content (AvgIpc) is 3.16. The van der Waals surface area contributed by atoms with Crippen LogP contribution in [0, 0.1) is 11.3 Å². The number of methoxy groups -OCH3 is 1. The maximum atomic E-state index is 11.5. The standard InChI is InChI=1S/C20H13ClN2O2S/c1-25-20(24)15-4-2-13(3-5-15)10-16(11-22)19-23-18(12-26-19)14-6-8-17(21)9-7-14/h2-10,12H,1H3. The summed E-state index contributed by atoms with van der Waals surface area (Å²) >= 11 is 7.31. The monoisotopic (exact) mass is 380 g/mol. The first-order valence-corrected chi connectivity index (χ1v) is 8.88. The summed E-state index contributed by atoms with van der Waals surface area (Å²) < 4.78 is 4.68. The van der Waals surface area contributed by atoms with Crippen molar-refractivity contribution in [3.05, 3.63) is 75.1 Å². The lowest BCUT2D eigenvalue weighted by Crippen LogP contribution is -2.00. The van der Waals surface area contributed by atoms with Gasteiger partial charge in [-0.3, -0.25) is 0 Å². The van der Waals surface area contributed by atoms with Crippen LogP contribution in [0.15, 0.2) is 53.9 Å². The zero-order valence-electron chi connectivity index (χ0n) is 13.8. The van der Waals surface area contributed by atoms with Gasteiger partial charge in [0.2, 0.25) is 0 Å². The van der Waals surface area contributed by atoms with Gasteiger partial charge in [-0.05, 0) is 35.9 Å². The molecule has 0 unspecified atom stereocenters. The fourth-order valence-electron chi connectivity index (χ4n) is 2.29. The summed E-state index contributed by atoms with van der Waals surface area (Å²) in [6.07, 6.45) is 1.74. The van der Waals surface area contributed by atoms with Gasteiger partial charge in [-0.1, -0.05) is 35.9 Å². The molecule has 0 fully saturated rings. The van der Waals surface area contributed by atoms with Crippen LogP contribution in [0.2, 0.25) is 5.02 Å². The molecule has 6 heteroatoms. The minimum atomic E-state index is -0.395. The minimum absolute atomic E-state index is 0.395. The second-order valence-electron chi connectivity index (χ2n) is 5.33. The number of ether oxygens (including phenoxy) is 1. The Morgan fingerprint density at radius 3 is 2.50 bits per heavy atom. The maximum Gasteiger partial charge on any atom is 0.337 e. The number of halogens is 1. The molecule has 0 bridgehead atoms. The molecule has 3 aromatic rings. The highest BCUT2D eigenvalue weighted by Crippen LogP contribution is 2.28. The van der Waals surface area contributed by atoms with Crippen molar-refractivity contribution in [2.24, 2.45) is 0 Å². The molecule has 0 amide bonds. The number of nitrogens with zero attached hydrogens (tertiary/aromatic N) is 2. The smallest absolute Gasteiger partial charge is 0.337 e. The number of carbonyl (C=O) groups excluding carboxylic acids is 1. The predicted molar refractivity (Wildman–Crippen MR) is 104 cm³/mol. The van der Waals surface area contributed by atoms with Gasteiger partial charge in [-0.15, -0.1) is 11.3 Å². The van der Waals surface area contributed by atoms with E-state index in [1.54, 1.807) is 42.5 Å². The van der Waals surface area contributed by atoms with Crippen molar-refractivity contribution in [2.75, 3.05) is 7.11 Å². The lowest BCUT2D eigenvalue weighted by Gasteiger charge is -2.00. The van der Waals surface area contributed by atoms with E-state index < -0.39 is 5.97 Å². The van der Waals surface area contributed by atoms with Crippen molar-refractivity contribution in [1.29, 1.82) is 5.26 Å². The zero-order valence-corrected chi connectivity index (χ0v) is 15.3. The second kappa shape index (κ2) is 7.96. The molecule has 0 aliphatic carbocycles. The molecule has 0 aliphatic rings. The molecule has 1 aromatic heterocycles. The van der Waals surface area contributed by atoms with E-state index >= 15 is 0 Å². The number of hydrogen-bond acceptors (Lipinski definition) is 5. The average molecular weight is 381 g/mol. The SMILES string of the molecule is COC(=O)c1ccc(C=C(C#N)c2nc(-c3ccc(Cl)cc3)cs2)cc1. The summed E-state index contributed by atoms with van der Waals surface area (Å²) in [4.78, 5) is 16.0. The highest BCUT2D eigenvalue weighted by atomic mass is 35.5. The van der Waals surface area contributed by atoms with E-state index in [0.29, 0.717) is 21.2 Å². The molecule has 0 saturated heterocycles.